The molecule has 2 aromatic carbocycles. The second kappa shape index (κ2) is 10.5. The standard InChI is InChI=1S/C21H28N2O3/c1-25-19-10-8-18(16-20(19)26-2)9-11-21(24)23(15-13-22)14-12-17-6-4-3-5-7-17/h3-8,10,16H,9,11-15,22H2,1-2H3. The molecule has 0 aliphatic heterocycles. The zero-order chi connectivity index (χ0) is 18.8. The molecule has 5 nitrogen and oxygen atoms in total. The molecule has 0 bridgehead atoms. The van der Waals surface area contributed by atoms with Crippen molar-refractivity contribution < 1.29 is 14.3 Å². The van der Waals surface area contributed by atoms with Crippen molar-refractivity contribution in [2.75, 3.05) is 33.9 Å². The quantitative estimate of drug-likeness (QED) is 0.711. The number of carbonyl (C=O) groups excluding carboxylic acids is 1. The van der Waals surface area contributed by atoms with E-state index in [0.717, 1.165) is 12.0 Å². The first-order valence-corrected chi connectivity index (χ1v) is 8.90. The number of nitrogens with zero attached hydrogens (tertiary/aromatic N) is 1. The molecule has 0 spiro atoms. The third-order valence-corrected chi connectivity index (χ3v) is 4.34. The molecule has 0 fully saturated rings. The van der Waals surface area contributed by atoms with Gasteiger partial charge in [-0.25, -0.2) is 0 Å². The Morgan fingerprint density at radius 3 is 2.31 bits per heavy atom. The molecule has 1 amide bonds. The summed E-state index contributed by atoms with van der Waals surface area (Å²) in [4.78, 5) is 14.5. The lowest BCUT2D eigenvalue weighted by atomic mass is 10.1. The van der Waals surface area contributed by atoms with Crippen LogP contribution in [0.4, 0.5) is 0 Å². The third-order valence-electron chi connectivity index (χ3n) is 4.34. The number of rotatable bonds is 10. The summed E-state index contributed by atoms with van der Waals surface area (Å²) in [5.41, 5.74) is 7.96. The Morgan fingerprint density at radius 1 is 0.923 bits per heavy atom. The Kier molecular flexibility index (Phi) is 7.96. The van der Waals surface area contributed by atoms with Crippen LogP contribution in [-0.4, -0.2) is 44.7 Å². The van der Waals surface area contributed by atoms with Gasteiger partial charge in [-0.15, -0.1) is 0 Å². The van der Waals surface area contributed by atoms with Gasteiger partial charge in [0, 0.05) is 26.1 Å². The van der Waals surface area contributed by atoms with Crippen molar-refractivity contribution in [3.05, 3.63) is 59.7 Å². The second-order valence-corrected chi connectivity index (χ2v) is 6.09. The first kappa shape index (κ1) is 19.8. The van der Waals surface area contributed by atoms with E-state index in [0.29, 0.717) is 44.0 Å². The van der Waals surface area contributed by atoms with Crippen molar-refractivity contribution in [3.8, 4) is 11.5 Å². The van der Waals surface area contributed by atoms with E-state index in [2.05, 4.69) is 12.1 Å². The molecule has 0 aromatic heterocycles. The van der Waals surface area contributed by atoms with Gasteiger partial charge in [-0.05, 0) is 36.1 Å². The minimum Gasteiger partial charge on any atom is -0.493 e. The maximum Gasteiger partial charge on any atom is 0.222 e. The molecular weight excluding hydrogens is 328 g/mol. The van der Waals surface area contributed by atoms with E-state index in [-0.39, 0.29) is 5.91 Å². The van der Waals surface area contributed by atoms with E-state index >= 15 is 0 Å². The molecule has 0 heterocycles. The van der Waals surface area contributed by atoms with Crippen molar-refractivity contribution in [2.24, 2.45) is 5.73 Å². The summed E-state index contributed by atoms with van der Waals surface area (Å²) >= 11 is 0. The highest BCUT2D eigenvalue weighted by atomic mass is 16.5. The van der Waals surface area contributed by atoms with E-state index < -0.39 is 0 Å². The predicted octanol–water partition coefficient (Wildman–Crippen LogP) is 2.67. The van der Waals surface area contributed by atoms with Gasteiger partial charge < -0.3 is 20.1 Å². The highest BCUT2D eigenvalue weighted by Gasteiger charge is 2.13. The van der Waals surface area contributed by atoms with Crippen LogP contribution in [0.2, 0.25) is 0 Å². The molecule has 140 valence electrons. The summed E-state index contributed by atoms with van der Waals surface area (Å²) in [5, 5.41) is 0. The normalized spacial score (nSPS) is 10.4. The van der Waals surface area contributed by atoms with Crippen LogP contribution in [0.1, 0.15) is 17.5 Å². The second-order valence-electron chi connectivity index (χ2n) is 6.09. The number of benzene rings is 2. The molecule has 0 unspecified atom stereocenters. The van der Waals surface area contributed by atoms with Crippen LogP contribution in [0.25, 0.3) is 0 Å². The predicted molar refractivity (Wildman–Crippen MR) is 104 cm³/mol. The van der Waals surface area contributed by atoms with Crippen molar-refractivity contribution >= 4 is 5.91 Å². The van der Waals surface area contributed by atoms with Gasteiger partial charge in [0.25, 0.3) is 0 Å². The zero-order valence-electron chi connectivity index (χ0n) is 15.6. The Hall–Kier alpha value is -2.53. The van der Waals surface area contributed by atoms with Crippen molar-refractivity contribution in [1.29, 1.82) is 0 Å². The molecule has 2 N–H and O–H groups in total. The molecular formula is C21H28N2O3. The number of nitrogens with two attached hydrogens (primary N) is 1. The van der Waals surface area contributed by atoms with Crippen LogP contribution < -0.4 is 15.2 Å². The van der Waals surface area contributed by atoms with Gasteiger partial charge in [-0.2, -0.15) is 0 Å². The lowest BCUT2D eigenvalue weighted by molar-refractivity contribution is -0.131. The fourth-order valence-electron chi connectivity index (χ4n) is 2.87. The molecule has 2 rings (SSSR count). The van der Waals surface area contributed by atoms with Crippen LogP contribution in [0.3, 0.4) is 0 Å². The maximum atomic E-state index is 12.6. The molecule has 0 aliphatic carbocycles. The smallest absolute Gasteiger partial charge is 0.222 e. The number of hydrogen-bond acceptors (Lipinski definition) is 4. The van der Waals surface area contributed by atoms with Gasteiger partial charge in [0.2, 0.25) is 5.91 Å². The number of ether oxygens (including phenoxy) is 2. The summed E-state index contributed by atoms with van der Waals surface area (Å²) in [6, 6.07) is 15.9. The van der Waals surface area contributed by atoms with Crippen LogP contribution in [-0.2, 0) is 17.6 Å². The van der Waals surface area contributed by atoms with Crippen LogP contribution in [0, 0.1) is 0 Å². The van der Waals surface area contributed by atoms with Gasteiger partial charge in [-0.3, -0.25) is 4.79 Å². The molecule has 0 radical (unpaired) electrons. The molecule has 0 aliphatic rings. The lowest BCUT2D eigenvalue weighted by Crippen LogP contribution is -2.37. The number of amides is 1. The Morgan fingerprint density at radius 2 is 1.65 bits per heavy atom. The molecule has 2 aromatic rings. The molecule has 0 saturated carbocycles. The maximum absolute atomic E-state index is 12.6. The Bertz CT molecular complexity index is 689. The summed E-state index contributed by atoms with van der Waals surface area (Å²) in [6.07, 6.45) is 1.94. The SMILES string of the molecule is COc1ccc(CCC(=O)N(CCN)CCc2ccccc2)cc1OC. The number of carbonyl (C=O) groups is 1. The summed E-state index contributed by atoms with van der Waals surface area (Å²) in [7, 11) is 3.22. The zero-order valence-corrected chi connectivity index (χ0v) is 15.6. The molecule has 0 saturated heterocycles. The largest absolute Gasteiger partial charge is 0.493 e. The Balaban J connectivity index is 1.92. The highest BCUT2D eigenvalue weighted by Crippen LogP contribution is 2.28. The lowest BCUT2D eigenvalue weighted by Gasteiger charge is -2.22. The number of methoxy groups -OCH3 is 2. The highest BCUT2D eigenvalue weighted by molar-refractivity contribution is 5.76. The third kappa shape index (κ3) is 5.77. The molecule has 0 atom stereocenters. The van der Waals surface area contributed by atoms with Gasteiger partial charge >= 0.3 is 0 Å². The van der Waals surface area contributed by atoms with Gasteiger partial charge in [0.05, 0.1) is 14.2 Å². The molecule has 26 heavy (non-hydrogen) atoms. The average Bonchev–Trinajstić information content (AvgIpc) is 2.69. The average molecular weight is 356 g/mol. The van der Waals surface area contributed by atoms with E-state index in [1.807, 2.05) is 41.3 Å². The van der Waals surface area contributed by atoms with E-state index in [4.69, 9.17) is 15.2 Å². The van der Waals surface area contributed by atoms with Crippen LogP contribution in [0.5, 0.6) is 11.5 Å². The minimum absolute atomic E-state index is 0.126. The first-order valence-electron chi connectivity index (χ1n) is 8.90. The molecule has 5 heteroatoms. The summed E-state index contributed by atoms with van der Waals surface area (Å²) < 4.78 is 10.6. The van der Waals surface area contributed by atoms with Gasteiger partial charge in [0.15, 0.2) is 11.5 Å². The van der Waals surface area contributed by atoms with Crippen LogP contribution in [0.15, 0.2) is 48.5 Å². The fraction of sp³-hybridized carbons (Fsp3) is 0.381. The first-order chi connectivity index (χ1) is 12.7. The van der Waals surface area contributed by atoms with Gasteiger partial charge in [0.1, 0.15) is 0 Å². The van der Waals surface area contributed by atoms with E-state index in [1.165, 1.54) is 5.56 Å². The monoisotopic (exact) mass is 356 g/mol. The van der Waals surface area contributed by atoms with Crippen molar-refractivity contribution in [1.82, 2.24) is 4.90 Å². The van der Waals surface area contributed by atoms with Crippen molar-refractivity contribution in [2.45, 2.75) is 19.3 Å². The summed E-state index contributed by atoms with van der Waals surface area (Å²) in [6.45, 7) is 1.74. The fourth-order valence-corrected chi connectivity index (χ4v) is 2.87. The topological polar surface area (TPSA) is 64.8 Å². The van der Waals surface area contributed by atoms with E-state index in [1.54, 1.807) is 14.2 Å². The van der Waals surface area contributed by atoms with E-state index in [9.17, 15) is 4.79 Å². The minimum atomic E-state index is 0.126. The van der Waals surface area contributed by atoms with Crippen LogP contribution >= 0.6 is 0 Å². The Labute approximate surface area is 155 Å². The number of aryl methyl sites for hydroxylation is 1. The number of hydrogen-bond donors (Lipinski definition) is 1. The summed E-state index contributed by atoms with van der Waals surface area (Å²) in [5.74, 6) is 1.50. The van der Waals surface area contributed by atoms with Gasteiger partial charge in [-0.1, -0.05) is 36.4 Å². The van der Waals surface area contributed by atoms with Crippen molar-refractivity contribution in [3.63, 3.8) is 0 Å².